The van der Waals surface area contributed by atoms with E-state index in [9.17, 15) is 4.79 Å². The quantitative estimate of drug-likeness (QED) is 0.831. The van der Waals surface area contributed by atoms with Crippen molar-refractivity contribution in [2.24, 2.45) is 0 Å². The molecule has 1 fully saturated rings. The minimum atomic E-state index is -0.0569. The molecule has 2 aromatic rings. The van der Waals surface area contributed by atoms with E-state index in [-0.39, 0.29) is 18.6 Å². The first-order chi connectivity index (χ1) is 12.2. The van der Waals surface area contributed by atoms with Gasteiger partial charge in [-0.2, -0.15) is 0 Å². The summed E-state index contributed by atoms with van der Waals surface area (Å²) in [4.78, 5) is 28.0. The Labute approximate surface area is 145 Å². The lowest BCUT2D eigenvalue weighted by atomic mass is 10.3. The summed E-state index contributed by atoms with van der Waals surface area (Å²) in [7, 11) is 1.64. The summed E-state index contributed by atoms with van der Waals surface area (Å²) in [5.74, 6) is 1.66. The number of piperazine rings is 1. The predicted molar refractivity (Wildman–Crippen MR) is 93.3 cm³/mol. The zero-order chi connectivity index (χ0) is 17.6. The number of nitrogens with two attached hydrogens (primary N) is 1. The van der Waals surface area contributed by atoms with Gasteiger partial charge >= 0.3 is 6.03 Å². The fourth-order valence-electron chi connectivity index (χ4n) is 2.66. The molecule has 0 aromatic carbocycles. The highest BCUT2D eigenvalue weighted by molar-refractivity contribution is 5.74. The predicted octanol–water partition coefficient (Wildman–Crippen LogP) is 0.494. The molecule has 0 unspecified atom stereocenters. The summed E-state index contributed by atoms with van der Waals surface area (Å²) >= 11 is 0. The average molecular weight is 343 g/mol. The topological polar surface area (TPSA) is 110 Å². The van der Waals surface area contributed by atoms with Crippen LogP contribution in [0.15, 0.2) is 30.6 Å². The molecule has 9 nitrogen and oxygen atoms in total. The van der Waals surface area contributed by atoms with Gasteiger partial charge < -0.3 is 25.6 Å². The first-order valence-electron chi connectivity index (χ1n) is 8.04. The molecule has 1 aliphatic heterocycles. The largest absolute Gasteiger partial charge is 0.483 e. The standard InChI is InChI=1S/C16H21N7O2/c1-18-16(24)23-9-7-22(8-10-23)14-13(3-2-5-19-14)25-11-12-4-6-20-15(17)21-12/h2-6H,7-11H2,1H3,(H,18,24)(H2,17,20,21). The Morgan fingerprint density at radius 1 is 1.24 bits per heavy atom. The molecule has 3 heterocycles. The average Bonchev–Trinajstić information content (AvgIpc) is 2.66. The second-order valence-electron chi connectivity index (χ2n) is 5.55. The normalized spacial score (nSPS) is 14.3. The van der Waals surface area contributed by atoms with Crippen LogP contribution in [-0.4, -0.2) is 59.1 Å². The Bertz CT molecular complexity index is 732. The number of hydrogen-bond acceptors (Lipinski definition) is 7. The Balaban J connectivity index is 1.66. The molecule has 0 aliphatic carbocycles. The van der Waals surface area contributed by atoms with Crippen LogP contribution in [0, 0.1) is 0 Å². The fourth-order valence-corrected chi connectivity index (χ4v) is 2.66. The molecule has 2 aromatic heterocycles. The number of pyridine rings is 1. The van der Waals surface area contributed by atoms with Crippen LogP contribution in [0.3, 0.4) is 0 Å². The maximum atomic E-state index is 11.7. The van der Waals surface area contributed by atoms with E-state index in [1.54, 1.807) is 30.4 Å². The molecule has 9 heteroatoms. The van der Waals surface area contributed by atoms with E-state index in [0.717, 1.165) is 5.82 Å². The van der Waals surface area contributed by atoms with Gasteiger partial charge in [0.25, 0.3) is 0 Å². The minimum absolute atomic E-state index is 0.0569. The number of amides is 2. The molecular weight excluding hydrogens is 322 g/mol. The lowest BCUT2D eigenvalue weighted by molar-refractivity contribution is 0.196. The van der Waals surface area contributed by atoms with Crippen LogP contribution in [0.1, 0.15) is 5.69 Å². The zero-order valence-electron chi connectivity index (χ0n) is 14.1. The molecule has 0 bridgehead atoms. The van der Waals surface area contributed by atoms with Gasteiger partial charge in [-0.25, -0.2) is 19.7 Å². The smallest absolute Gasteiger partial charge is 0.317 e. The number of urea groups is 1. The fraction of sp³-hybridized carbons (Fsp3) is 0.375. The molecule has 0 spiro atoms. The van der Waals surface area contributed by atoms with E-state index < -0.39 is 0 Å². The van der Waals surface area contributed by atoms with Gasteiger partial charge in [-0.3, -0.25) is 0 Å². The number of nitrogens with one attached hydrogen (secondary N) is 1. The Hall–Kier alpha value is -3.10. The maximum absolute atomic E-state index is 11.7. The Kier molecular flexibility index (Phi) is 5.12. The molecule has 0 atom stereocenters. The molecule has 3 N–H and O–H groups in total. The number of nitrogen functional groups attached to an aromatic ring is 1. The van der Waals surface area contributed by atoms with Crippen LogP contribution < -0.4 is 20.7 Å². The summed E-state index contributed by atoms with van der Waals surface area (Å²) in [5.41, 5.74) is 6.29. The molecular formula is C16H21N7O2. The van der Waals surface area contributed by atoms with E-state index in [1.165, 1.54) is 0 Å². The monoisotopic (exact) mass is 343 g/mol. The number of carbonyl (C=O) groups excluding carboxylic acids is 1. The summed E-state index contributed by atoms with van der Waals surface area (Å²) in [6, 6.07) is 5.40. The summed E-state index contributed by atoms with van der Waals surface area (Å²) < 4.78 is 5.88. The molecule has 0 radical (unpaired) electrons. The molecule has 2 amide bonds. The van der Waals surface area contributed by atoms with Crippen LogP contribution in [0.4, 0.5) is 16.6 Å². The summed E-state index contributed by atoms with van der Waals surface area (Å²) in [6.07, 6.45) is 3.33. The third kappa shape index (κ3) is 4.06. The minimum Gasteiger partial charge on any atom is -0.483 e. The van der Waals surface area contributed by atoms with Gasteiger partial charge in [0.1, 0.15) is 6.61 Å². The summed E-state index contributed by atoms with van der Waals surface area (Å²) in [6.45, 7) is 2.95. The van der Waals surface area contributed by atoms with Crippen molar-refractivity contribution in [1.82, 2.24) is 25.2 Å². The maximum Gasteiger partial charge on any atom is 0.317 e. The number of hydrogen-bond donors (Lipinski definition) is 2. The number of ether oxygens (including phenoxy) is 1. The van der Waals surface area contributed by atoms with Crippen LogP contribution in [0.25, 0.3) is 0 Å². The van der Waals surface area contributed by atoms with Crippen molar-refractivity contribution < 1.29 is 9.53 Å². The second-order valence-corrected chi connectivity index (χ2v) is 5.55. The van der Waals surface area contributed by atoms with Gasteiger partial charge in [0.15, 0.2) is 11.6 Å². The first kappa shape index (κ1) is 16.7. The van der Waals surface area contributed by atoms with Crippen molar-refractivity contribution in [2.45, 2.75) is 6.61 Å². The number of rotatable bonds is 4. The van der Waals surface area contributed by atoms with Gasteiger partial charge in [-0.05, 0) is 18.2 Å². The Morgan fingerprint density at radius 2 is 2.04 bits per heavy atom. The molecule has 0 saturated carbocycles. The lowest BCUT2D eigenvalue weighted by Gasteiger charge is -2.35. The van der Waals surface area contributed by atoms with Crippen molar-refractivity contribution in [1.29, 1.82) is 0 Å². The van der Waals surface area contributed by atoms with Crippen molar-refractivity contribution in [3.05, 3.63) is 36.3 Å². The van der Waals surface area contributed by atoms with Crippen LogP contribution in [0.5, 0.6) is 5.75 Å². The van der Waals surface area contributed by atoms with Crippen molar-refractivity contribution in [3.63, 3.8) is 0 Å². The highest BCUT2D eigenvalue weighted by Gasteiger charge is 2.23. The van der Waals surface area contributed by atoms with Gasteiger partial charge in [-0.15, -0.1) is 0 Å². The van der Waals surface area contributed by atoms with Crippen LogP contribution in [-0.2, 0) is 6.61 Å². The molecule has 1 saturated heterocycles. The van der Waals surface area contributed by atoms with E-state index >= 15 is 0 Å². The molecule has 25 heavy (non-hydrogen) atoms. The molecule has 132 valence electrons. The lowest BCUT2D eigenvalue weighted by Crippen LogP contribution is -2.51. The van der Waals surface area contributed by atoms with E-state index in [2.05, 4.69) is 25.2 Å². The van der Waals surface area contributed by atoms with Crippen molar-refractivity contribution in [2.75, 3.05) is 43.9 Å². The van der Waals surface area contributed by atoms with E-state index in [0.29, 0.717) is 37.6 Å². The number of nitrogens with zero attached hydrogens (tertiary/aromatic N) is 5. The van der Waals surface area contributed by atoms with Crippen molar-refractivity contribution in [3.8, 4) is 5.75 Å². The van der Waals surface area contributed by atoms with Crippen LogP contribution >= 0.6 is 0 Å². The van der Waals surface area contributed by atoms with Crippen molar-refractivity contribution >= 4 is 17.8 Å². The van der Waals surface area contributed by atoms with Gasteiger partial charge in [-0.1, -0.05) is 0 Å². The van der Waals surface area contributed by atoms with Gasteiger partial charge in [0.2, 0.25) is 5.95 Å². The zero-order valence-corrected chi connectivity index (χ0v) is 14.1. The number of aromatic nitrogens is 3. The van der Waals surface area contributed by atoms with Gasteiger partial charge in [0.05, 0.1) is 5.69 Å². The number of anilines is 2. The third-order valence-electron chi connectivity index (χ3n) is 3.94. The van der Waals surface area contributed by atoms with E-state index in [1.807, 2.05) is 12.1 Å². The highest BCUT2D eigenvalue weighted by atomic mass is 16.5. The summed E-state index contributed by atoms with van der Waals surface area (Å²) in [5, 5.41) is 2.65. The molecule has 1 aliphatic rings. The van der Waals surface area contributed by atoms with E-state index in [4.69, 9.17) is 10.5 Å². The Morgan fingerprint density at radius 3 is 2.76 bits per heavy atom. The highest BCUT2D eigenvalue weighted by Crippen LogP contribution is 2.26. The number of carbonyl (C=O) groups is 1. The van der Waals surface area contributed by atoms with Crippen LogP contribution in [0.2, 0.25) is 0 Å². The SMILES string of the molecule is CNC(=O)N1CCN(c2ncccc2OCc2ccnc(N)n2)CC1. The van der Waals surface area contributed by atoms with Gasteiger partial charge in [0, 0.05) is 45.6 Å². The second kappa shape index (κ2) is 7.65. The third-order valence-corrected chi connectivity index (χ3v) is 3.94. The molecule has 3 rings (SSSR count). The first-order valence-corrected chi connectivity index (χ1v) is 8.04.